The molecule has 0 atom stereocenters. The summed E-state index contributed by atoms with van der Waals surface area (Å²) in [4.78, 5) is 12.4. The molecule has 0 unspecified atom stereocenters. The lowest BCUT2D eigenvalue weighted by atomic mass is 10.1. The smallest absolute Gasteiger partial charge is 0.307 e. The number of nitrogens with one attached hydrogen (secondary N) is 2. The van der Waals surface area contributed by atoms with Crippen LogP contribution in [0.1, 0.15) is 28.1 Å². The zero-order valence-corrected chi connectivity index (χ0v) is 15.6. The molecule has 2 N–H and O–H groups in total. The van der Waals surface area contributed by atoms with Crippen LogP contribution in [0.2, 0.25) is 0 Å². The standard InChI is InChI=1S/C21H24N4O/c1-14-8-7-10-18(12-14)13-25-17(4)20(16(3)24-25)23-21(26)22-19-11-6-5-9-15(19)2/h5-12H,13H2,1-4H3,(H2,22,23,26). The molecule has 0 aliphatic heterocycles. The molecule has 1 aromatic heterocycles. The van der Waals surface area contributed by atoms with E-state index in [0.29, 0.717) is 6.54 Å². The van der Waals surface area contributed by atoms with E-state index >= 15 is 0 Å². The fourth-order valence-electron chi connectivity index (χ4n) is 3.00. The van der Waals surface area contributed by atoms with Crippen molar-refractivity contribution in [3.8, 4) is 0 Å². The molecule has 2 amide bonds. The van der Waals surface area contributed by atoms with Crippen LogP contribution in [0, 0.1) is 27.7 Å². The summed E-state index contributed by atoms with van der Waals surface area (Å²) in [5, 5.41) is 10.4. The van der Waals surface area contributed by atoms with Crippen molar-refractivity contribution in [1.82, 2.24) is 9.78 Å². The van der Waals surface area contributed by atoms with E-state index in [-0.39, 0.29) is 6.03 Å². The van der Waals surface area contributed by atoms with Gasteiger partial charge in [0.1, 0.15) is 0 Å². The van der Waals surface area contributed by atoms with Gasteiger partial charge in [-0.25, -0.2) is 4.79 Å². The molecule has 26 heavy (non-hydrogen) atoms. The highest BCUT2D eigenvalue weighted by molar-refractivity contribution is 6.00. The molecule has 5 heteroatoms. The van der Waals surface area contributed by atoms with Crippen LogP contribution in [0.15, 0.2) is 48.5 Å². The minimum Gasteiger partial charge on any atom is -0.307 e. The molecule has 3 aromatic rings. The zero-order chi connectivity index (χ0) is 18.7. The summed E-state index contributed by atoms with van der Waals surface area (Å²) in [7, 11) is 0. The number of aromatic nitrogens is 2. The van der Waals surface area contributed by atoms with Crippen LogP contribution in [-0.4, -0.2) is 15.8 Å². The van der Waals surface area contributed by atoms with E-state index in [1.54, 1.807) is 0 Å². The van der Waals surface area contributed by atoms with E-state index in [9.17, 15) is 4.79 Å². The van der Waals surface area contributed by atoms with Crippen molar-refractivity contribution in [2.24, 2.45) is 0 Å². The zero-order valence-electron chi connectivity index (χ0n) is 15.6. The molecule has 0 aliphatic rings. The second-order valence-electron chi connectivity index (χ2n) is 6.59. The first-order chi connectivity index (χ1) is 12.4. The number of benzene rings is 2. The second-order valence-corrected chi connectivity index (χ2v) is 6.59. The number of amides is 2. The van der Waals surface area contributed by atoms with E-state index < -0.39 is 0 Å². The van der Waals surface area contributed by atoms with E-state index in [0.717, 1.165) is 28.3 Å². The van der Waals surface area contributed by atoms with E-state index in [4.69, 9.17) is 0 Å². The predicted octanol–water partition coefficient (Wildman–Crippen LogP) is 4.81. The lowest BCUT2D eigenvalue weighted by Crippen LogP contribution is -2.20. The number of rotatable bonds is 4. The molecule has 0 aliphatic carbocycles. The number of carbonyl (C=O) groups excluding carboxylic acids is 1. The van der Waals surface area contributed by atoms with Gasteiger partial charge in [0.2, 0.25) is 0 Å². The predicted molar refractivity (Wildman–Crippen MR) is 106 cm³/mol. The lowest BCUT2D eigenvalue weighted by Gasteiger charge is -2.10. The van der Waals surface area contributed by atoms with Crippen LogP contribution in [0.25, 0.3) is 0 Å². The molecule has 0 saturated carbocycles. The van der Waals surface area contributed by atoms with Gasteiger partial charge < -0.3 is 10.6 Å². The first-order valence-electron chi connectivity index (χ1n) is 8.67. The number of para-hydroxylation sites is 1. The monoisotopic (exact) mass is 348 g/mol. The molecule has 134 valence electrons. The van der Waals surface area contributed by atoms with Crippen LogP contribution in [0.5, 0.6) is 0 Å². The molecule has 5 nitrogen and oxygen atoms in total. The van der Waals surface area contributed by atoms with Crippen molar-refractivity contribution in [1.29, 1.82) is 0 Å². The number of carbonyl (C=O) groups is 1. The van der Waals surface area contributed by atoms with Gasteiger partial charge in [0, 0.05) is 5.69 Å². The summed E-state index contributed by atoms with van der Waals surface area (Å²) >= 11 is 0. The Kier molecular flexibility index (Phi) is 5.07. The van der Waals surface area contributed by atoms with Crippen molar-refractivity contribution >= 4 is 17.4 Å². The van der Waals surface area contributed by atoms with Crippen molar-refractivity contribution in [3.63, 3.8) is 0 Å². The molecule has 0 fully saturated rings. The van der Waals surface area contributed by atoms with Gasteiger partial charge in [-0.1, -0.05) is 48.0 Å². The van der Waals surface area contributed by atoms with E-state index in [2.05, 4.69) is 40.9 Å². The van der Waals surface area contributed by atoms with Crippen molar-refractivity contribution in [2.45, 2.75) is 34.2 Å². The molecule has 3 rings (SSSR count). The first kappa shape index (κ1) is 17.7. The third kappa shape index (κ3) is 3.94. The highest BCUT2D eigenvalue weighted by Crippen LogP contribution is 2.21. The number of anilines is 2. The van der Waals surface area contributed by atoms with Crippen molar-refractivity contribution < 1.29 is 4.79 Å². The maximum absolute atomic E-state index is 12.4. The highest BCUT2D eigenvalue weighted by atomic mass is 16.2. The van der Waals surface area contributed by atoms with Gasteiger partial charge in [0.05, 0.1) is 23.6 Å². The highest BCUT2D eigenvalue weighted by Gasteiger charge is 2.15. The van der Waals surface area contributed by atoms with E-state index in [1.807, 2.05) is 55.8 Å². The van der Waals surface area contributed by atoms with Gasteiger partial charge >= 0.3 is 6.03 Å². The number of nitrogens with zero attached hydrogens (tertiary/aromatic N) is 2. The maximum Gasteiger partial charge on any atom is 0.323 e. The molecule has 0 saturated heterocycles. The van der Waals surface area contributed by atoms with Crippen LogP contribution in [-0.2, 0) is 6.54 Å². The summed E-state index contributed by atoms with van der Waals surface area (Å²) in [6.07, 6.45) is 0. The molecule has 2 aromatic carbocycles. The average Bonchev–Trinajstić information content (AvgIpc) is 2.84. The lowest BCUT2D eigenvalue weighted by molar-refractivity contribution is 0.262. The molecular formula is C21H24N4O. The Balaban J connectivity index is 1.75. The molecule has 1 heterocycles. The minimum atomic E-state index is -0.263. The van der Waals surface area contributed by atoms with Crippen molar-refractivity contribution in [3.05, 3.63) is 76.6 Å². The van der Waals surface area contributed by atoms with Gasteiger partial charge in [0.25, 0.3) is 0 Å². The fourth-order valence-corrected chi connectivity index (χ4v) is 3.00. The molecule has 0 spiro atoms. The Morgan fingerprint density at radius 2 is 1.77 bits per heavy atom. The normalized spacial score (nSPS) is 10.6. The number of aryl methyl sites for hydroxylation is 3. The summed E-state index contributed by atoms with van der Waals surface area (Å²) in [6.45, 7) is 8.59. The summed E-state index contributed by atoms with van der Waals surface area (Å²) in [5.41, 5.74) is 6.72. The summed E-state index contributed by atoms with van der Waals surface area (Å²) in [6, 6.07) is 15.8. The van der Waals surface area contributed by atoms with Crippen LogP contribution >= 0.6 is 0 Å². The van der Waals surface area contributed by atoms with Gasteiger partial charge in [-0.2, -0.15) is 5.10 Å². The van der Waals surface area contributed by atoms with Gasteiger partial charge in [0.15, 0.2) is 0 Å². The Bertz CT molecular complexity index is 943. The second kappa shape index (κ2) is 7.44. The average molecular weight is 348 g/mol. The van der Waals surface area contributed by atoms with Gasteiger partial charge in [-0.05, 0) is 44.9 Å². The first-order valence-corrected chi connectivity index (χ1v) is 8.67. The van der Waals surface area contributed by atoms with Gasteiger partial charge in [-0.15, -0.1) is 0 Å². The van der Waals surface area contributed by atoms with E-state index in [1.165, 1.54) is 11.1 Å². The number of hydrogen-bond acceptors (Lipinski definition) is 2. The summed E-state index contributed by atoms with van der Waals surface area (Å²) in [5.74, 6) is 0. The van der Waals surface area contributed by atoms with Crippen molar-refractivity contribution in [2.75, 3.05) is 10.6 Å². The van der Waals surface area contributed by atoms with Crippen LogP contribution < -0.4 is 10.6 Å². The number of hydrogen-bond donors (Lipinski definition) is 2. The SMILES string of the molecule is Cc1cccc(Cn2nc(C)c(NC(=O)Nc3ccccc3C)c2C)c1. The topological polar surface area (TPSA) is 59.0 Å². The Morgan fingerprint density at radius 3 is 2.50 bits per heavy atom. The molecule has 0 bridgehead atoms. The largest absolute Gasteiger partial charge is 0.323 e. The van der Waals surface area contributed by atoms with Gasteiger partial charge in [-0.3, -0.25) is 4.68 Å². The molecular weight excluding hydrogens is 324 g/mol. The third-order valence-corrected chi connectivity index (χ3v) is 4.43. The van der Waals surface area contributed by atoms with Crippen LogP contribution in [0.4, 0.5) is 16.2 Å². The molecule has 0 radical (unpaired) electrons. The maximum atomic E-state index is 12.4. The fraction of sp³-hybridized carbons (Fsp3) is 0.238. The minimum absolute atomic E-state index is 0.263. The van der Waals surface area contributed by atoms with Crippen LogP contribution in [0.3, 0.4) is 0 Å². The quantitative estimate of drug-likeness (QED) is 0.711. The Labute approximate surface area is 154 Å². The third-order valence-electron chi connectivity index (χ3n) is 4.43. The Morgan fingerprint density at radius 1 is 1.00 bits per heavy atom. The number of urea groups is 1. The Hall–Kier alpha value is -3.08. The summed E-state index contributed by atoms with van der Waals surface area (Å²) < 4.78 is 1.92.